The van der Waals surface area contributed by atoms with Crippen molar-refractivity contribution in [1.82, 2.24) is 4.98 Å². The van der Waals surface area contributed by atoms with Crippen LogP contribution in [0.2, 0.25) is 0 Å². The molecule has 0 saturated heterocycles. The van der Waals surface area contributed by atoms with Crippen molar-refractivity contribution >= 4 is 22.9 Å². The molecule has 3 aromatic rings. The van der Waals surface area contributed by atoms with Gasteiger partial charge >= 0.3 is 5.97 Å². The number of carbonyl (C=O) groups is 1. The Balaban J connectivity index is 1.96. The second-order valence-electron chi connectivity index (χ2n) is 7.58. The van der Waals surface area contributed by atoms with E-state index in [1.807, 2.05) is 18.2 Å². The summed E-state index contributed by atoms with van der Waals surface area (Å²) in [6.07, 6.45) is 6.28. The maximum atomic E-state index is 10.9. The lowest BCUT2D eigenvalue weighted by molar-refractivity contribution is -0.131. The van der Waals surface area contributed by atoms with Crippen LogP contribution in [0.15, 0.2) is 48.5 Å². The van der Waals surface area contributed by atoms with E-state index >= 15 is 0 Å². The first-order chi connectivity index (χ1) is 13.5. The summed E-state index contributed by atoms with van der Waals surface area (Å²) in [7, 11) is 0. The largest absolute Gasteiger partial charge is 0.478 e. The maximum Gasteiger partial charge on any atom is 0.328 e. The number of aliphatic carboxylic acids is 1. The summed E-state index contributed by atoms with van der Waals surface area (Å²) in [4.78, 5) is 15.8. The van der Waals surface area contributed by atoms with E-state index in [-0.39, 0.29) is 0 Å². The number of carboxylic acid groups (broad SMARTS) is 1. The molecule has 1 aromatic heterocycles. The molecule has 1 heterocycles. The fourth-order valence-corrected chi connectivity index (χ4v) is 3.68. The number of hydrogen-bond acceptors (Lipinski definition) is 3. The smallest absolute Gasteiger partial charge is 0.328 e. The zero-order valence-corrected chi connectivity index (χ0v) is 16.0. The van der Waals surface area contributed by atoms with Crippen molar-refractivity contribution in [2.45, 2.75) is 32.7 Å². The van der Waals surface area contributed by atoms with E-state index in [2.05, 4.69) is 31.2 Å². The molecule has 0 radical (unpaired) electrons. The van der Waals surface area contributed by atoms with Gasteiger partial charge in [0.2, 0.25) is 0 Å². The Morgan fingerprint density at radius 1 is 1.21 bits per heavy atom. The average molecular weight is 372 g/mol. The van der Waals surface area contributed by atoms with Crippen LogP contribution in [0, 0.1) is 12.8 Å². The van der Waals surface area contributed by atoms with E-state index in [0.29, 0.717) is 6.54 Å². The third kappa shape index (κ3) is 3.82. The molecule has 0 amide bonds. The monoisotopic (exact) mass is 372 g/mol. The van der Waals surface area contributed by atoms with Crippen molar-refractivity contribution in [2.75, 3.05) is 0 Å². The van der Waals surface area contributed by atoms with Crippen molar-refractivity contribution < 1.29 is 9.90 Å². The number of carboxylic acids is 1. The highest BCUT2D eigenvalue weighted by atomic mass is 16.4. The van der Waals surface area contributed by atoms with Gasteiger partial charge in [0.1, 0.15) is 0 Å². The van der Waals surface area contributed by atoms with Crippen molar-refractivity contribution in [3.05, 3.63) is 70.9 Å². The number of nitrogens with zero attached hydrogens (tertiary/aromatic N) is 1. The molecule has 0 aliphatic heterocycles. The van der Waals surface area contributed by atoms with E-state index < -0.39 is 5.97 Å². The van der Waals surface area contributed by atoms with Crippen LogP contribution in [0.25, 0.3) is 28.1 Å². The molecular weight excluding hydrogens is 348 g/mol. The van der Waals surface area contributed by atoms with E-state index in [1.54, 1.807) is 6.08 Å². The summed E-state index contributed by atoms with van der Waals surface area (Å²) in [5.74, 6) is -0.238. The molecule has 1 aliphatic carbocycles. The molecule has 2 aromatic carbocycles. The Morgan fingerprint density at radius 3 is 2.61 bits per heavy atom. The minimum absolute atomic E-state index is 0.434. The van der Waals surface area contributed by atoms with Gasteiger partial charge in [-0.1, -0.05) is 35.9 Å². The predicted molar refractivity (Wildman–Crippen MR) is 113 cm³/mol. The van der Waals surface area contributed by atoms with Crippen LogP contribution in [0.4, 0.5) is 0 Å². The highest BCUT2D eigenvalue weighted by Gasteiger charge is 2.25. The first-order valence-electron chi connectivity index (χ1n) is 9.69. The molecule has 1 aliphatic rings. The predicted octanol–water partition coefficient (Wildman–Crippen LogP) is 4.72. The number of fused-ring (bicyclic) bond motifs is 1. The SMILES string of the molecule is Cc1ccc(-c2c(CN)c(CC3CC3)nc3ccc(C=CC(=O)O)cc23)cc1. The van der Waals surface area contributed by atoms with Gasteiger partial charge < -0.3 is 10.8 Å². The molecule has 4 nitrogen and oxygen atoms in total. The molecule has 0 atom stereocenters. The molecule has 0 bridgehead atoms. The fraction of sp³-hybridized carbons (Fsp3) is 0.250. The first kappa shape index (κ1) is 18.4. The van der Waals surface area contributed by atoms with Gasteiger partial charge in [0.15, 0.2) is 0 Å². The lowest BCUT2D eigenvalue weighted by Gasteiger charge is -2.17. The van der Waals surface area contributed by atoms with Crippen LogP contribution in [0.3, 0.4) is 0 Å². The molecule has 3 N–H and O–H groups in total. The molecule has 1 fully saturated rings. The third-order valence-electron chi connectivity index (χ3n) is 5.34. The molecule has 28 heavy (non-hydrogen) atoms. The Hall–Kier alpha value is -2.98. The summed E-state index contributed by atoms with van der Waals surface area (Å²) in [6.45, 7) is 2.51. The number of rotatable bonds is 6. The Labute approximate surface area is 164 Å². The zero-order valence-electron chi connectivity index (χ0n) is 16.0. The van der Waals surface area contributed by atoms with Crippen molar-refractivity contribution in [3.63, 3.8) is 0 Å². The lowest BCUT2D eigenvalue weighted by atomic mass is 9.91. The maximum absolute atomic E-state index is 10.9. The number of pyridine rings is 1. The topological polar surface area (TPSA) is 76.2 Å². The van der Waals surface area contributed by atoms with Crippen molar-refractivity contribution in [1.29, 1.82) is 0 Å². The number of nitrogens with two attached hydrogens (primary N) is 1. The van der Waals surface area contributed by atoms with Crippen LogP contribution in [0.5, 0.6) is 0 Å². The molecule has 4 heteroatoms. The van der Waals surface area contributed by atoms with Crippen LogP contribution in [0.1, 0.15) is 35.2 Å². The quantitative estimate of drug-likeness (QED) is 0.614. The molecule has 0 unspecified atom stereocenters. The fourth-order valence-electron chi connectivity index (χ4n) is 3.68. The number of aryl methyl sites for hydroxylation is 1. The van der Waals surface area contributed by atoms with Crippen LogP contribution >= 0.6 is 0 Å². The van der Waals surface area contributed by atoms with Crippen molar-refractivity contribution in [2.24, 2.45) is 11.7 Å². The third-order valence-corrected chi connectivity index (χ3v) is 5.34. The van der Waals surface area contributed by atoms with Gasteiger partial charge in [-0.25, -0.2) is 4.79 Å². The van der Waals surface area contributed by atoms with E-state index in [0.717, 1.165) is 57.3 Å². The van der Waals surface area contributed by atoms with Gasteiger partial charge in [-0.15, -0.1) is 0 Å². The van der Waals surface area contributed by atoms with Gasteiger partial charge in [0, 0.05) is 23.7 Å². The van der Waals surface area contributed by atoms with Gasteiger partial charge in [-0.3, -0.25) is 4.98 Å². The highest BCUT2D eigenvalue weighted by Crippen LogP contribution is 2.38. The van der Waals surface area contributed by atoms with Crippen molar-refractivity contribution in [3.8, 4) is 11.1 Å². The van der Waals surface area contributed by atoms with E-state index in [1.165, 1.54) is 18.4 Å². The van der Waals surface area contributed by atoms with Gasteiger partial charge in [0.25, 0.3) is 0 Å². The second-order valence-corrected chi connectivity index (χ2v) is 7.58. The Bertz CT molecular complexity index is 1060. The number of aromatic nitrogens is 1. The summed E-state index contributed by atoms with van der Waals surface area (Å²) < 4.78 is 0. The van der Waals surface area contributed by atoms with Crippen LogP contribution in [-0.4, -0.2) is 16.1 Å². The molecule has 142 valence electrons. The first-order valence-corrected chi connectivity index (χ1v) is 9.69. The Kier molecular flexibility index (Phi) is 4.97. The summed E-state index contributed by atoms with van der Waals surface area (Å²) in [6, 6.07) is 14.4. The average Bonchev–Trinajstić information content (AvgIpc) is 3.50. The van der Waals surface area contributed by atoms with E-state index in [9.17, 15) is 4.79 Å². The molecule has 1 saturated carbocycles. The number of hydrogen-bond donors (Lipinski definition) is 2. The van der Waals surface area contributed by atoms with Gasteiger partial charge in [-0.2, -0.15) is 0 Å². The van der Waals surface area contributed by atoms with Gasteiger partial charge in [-0.05, 0) is 72.6 Å². The van der Waals surface area contributed by atoms with Gasteiger partial charge in [0.05, 0.1) is 5.52 Å². The normalized spacial score (nSPS) is 14.1. The van der Waals surface area contributed by atoms with Crippen LogP contribution < -0.4 is 5.73 Å². The molecular formula is C24H24N2O2. The second kappa shape index (κ2) is 7.56. The highest BCUT2D eigenvalue weighted by molar-refractivity contribution is 5.98. The molecule has 4 rings (SSSR count). The standard InChI is InChI=1S/C24H24N2O2/c1-15-2-8-18(9-3-15)24-19-12-16(7-11-23(27)28)6-10-21(19)26-22(20(24)14-25)13-17-4-5-17/h2-3,6-12,17H,4-5,13-14,25H2,1H3,(H,27,28). The minimum Gasteiger partial charge on any atom is -0.478 e. The number of benzene rings is 2. The molecule has 0 spiro atoms. The summed E-state index contributed by atoms with van der Waals surface area (Å²) >= 11 is 0. The zero-order chi connectivity index (χ0) is 19.7. The minimum atomic E-state index is -0.959. The summed E-state index contributed by atoms with van der Waals surface area (Å²) in [5, 5.41) is 9.95. The summed E-state index contributed by atoms with van der Waals surface area (Å²) in [5.41, 5.74) is 13.6. The van der Waals surface area contributed by atoms with Crippen LogP contribution in [-0.2, 0) is 17.8 Å². The Morgan fingerprint density at radius 2 is 1.96 bits per heavy atom. The lowest BCUT2D eigenvalue weighted by Crippen LogP contribution is -2.08. The van der Waals surface area contributed by atoms with E-state index in [4.69, 9.17) is 15.8 Å².